The van der Waals surface area contributed by atoms with E-state index in [2.05, 4.69) is 23.2 Å². The van der Waals surface area contributed by atoms with Crippen LogP contribution in [-0.2, 0) is 16.1 Å². The third-order valence-corrected chi connectivity index (χ3v) is 9.14. The quantitative estimate of drug-likeness (QED) is 0.454. The fraction of sp³-hybridized carbons (Fsp3) is 0.545. The molecule has 41 heavy (non-hydrogen) atoms. The minimum Gasteiger partial charge on any atom is -0.457 e. The van der Waals surface area contributed by atoms with Crippen molar-refractivity contribution in [2.45, 2.75) is 94.9 Å². The zero-order valence-electron chi connectivity index (χ0n) is 24.1. The molecule has 0 unspecified atom stereocenters. The number of benzene rings is 2. The average molecular weight is 559 g/mol. The van der Waals surface area contributed by atoms with E-state index in [4.69, 9.17) is 10.00 Å². The van der Waals surface area contributed by atoms with E-state index >= 15 is 0 Å². The van der Waals surface area contributed by atoms with Crippen LogP contribution in [0.1, 0.15) is 82.3 Å². The molecular formula is C33H42N4O4. The normalized spacial score (nSPS) is 22.3. The van der Waals surface area contributed by atoms with Gasteiger partial charge in [0.15, 0.2) is 0 Å². The number of amides is 2. The summed E-state index contributed by atoms with van der Waals surface area (Å²) in [5.74, 6) is 1.33. The molecule has 5 rings (SSSR count). The van der Waals surface area contributed by atoms with E-state index < -0.39 is 17.2 Å². The van der Waals surface area contributed by atoms with Crippen LogP contribution in [0, 0.1) is 11.3 Å². The maximum atomic E-state index is 13.8. The summed E-state index contributed by atoms with van der Waals surface area (Å²) in [6, 6.07) is 16.5. The van der Waals surface area contributed by atoms with Gasteiger partial charge < -0.3 is 20.1 Å². The molecular weight excluding hydrogens is 516 g/mol. The number of likely N-dealkylation sites (tertiary alicyclic amines) is 1. The second kappa shape index (κ2) is 12.6. The van der Waals surface area contributed by atoms with Crippen LogP contribution >= 0.6 is 0 Å². The summed E-state index contributed by atoms with van der Waals surface area (Å²) in [4.78, 5) is 31.7. The molecule has 2 aromatic rings. The summed E-state index contributed by atoms with van der Waals surface area (Å²) in [5.41, 5.74) is 0.0738. The number of carbonyl (C=O) groups is 2. The average Bonchev–Trinajstić information content (AvgIpc) is 2.98. The first-order chi connectivity index (χ1) is 19.8. The lowest BCUT2D eigenvalue weighted by atomic mass is 9.77. The Hall–Kier alpha value is -3.41. The molecule has 3 fully saturated rings. The highest BCUT2D eigenvalue weighted by Gasteiger charge is 2.54. The number of nitriles is 1. The topological polar surface area (TPSA) is 106 Å². The number of hydrogen-bond donors (Lipinski definition) is 2. The number of carbonyl (C=O) groups excluding carboxylic acids is 2. The molecule has 8 nitrogen and oxygen atoms in total. The van der Waals surface area contributed by atoms with Gasteiger partial charge in [-0.1, -0.05) is 44.7 Å². The van der Waals surface area contributed by atoms with Crippen molar-refractivity contribution < 1.29 is 19.4 Å². The lowest BCUT2D eigenvalue weighted by Crippen LogP contribution is -2.73. The molecule has 2 saturated heterocycles. The smallest absolute Gasteiger partial charge is 0.246 e. The molecule has 0 aromatic heterocycles. The largest absolute Gasteiger partial charge is 0.457 e. The summed E-state index contributed by atoms with van der Waals surface area (Å²) in [6.07, 6.45) is 7.78. The lowest BCUT2D eigenvalue weighted by molar-refractivity contribution is -0.163. The molecule has 3 aliphatic rings. The van der Waals surface area contributed by atoms with E-state index in [0.29, 0.717) is 50.0 Å². The van der Waals surface area contributed by atoms with E-state index in [1.165, 1.54) is 0 Å². The number of unbranched alkanes of at least 4 members (excludes halogenated alkanes) is 1. The van der Waals surface area contributed by atoms with Gasteiger partial charge in [0.1, 0.15) is 23.1 Å². The summed E-state index contributed by atoms with van der Waals surface area (Å²) in [5, 5.41) is 23.2. The molecule has 2 aliphatic heterocycles. The number of hydrogen-bond acceptors (Lipinski definition) is 6. The van der Waals surface area contributed by atoms with Crippen molar-refractivity contribution in [2.75, 3.05) is 19.6 Å². The van der Waals surface area contributed by atoms with Crippen LogP contribution in [-0.4, -0.2) is 63.5 Å². The molecule has 0 radical (unpaired) electrons. The minimum absolute atomic E-state index is 0.0247. The second-order valence-electron chi connectivity index (χ2n) is 12.0. The van der Waals surface area contributed by atoms with Crippen LogP contribution in [0.25, 0.3) is 0 Å². The summed E-state index contributed by atoms with van der Waals surface area (Å²) in [7, 11) is 0. The van der Waals surface area contributed by atoms with Crippen LogP contribution in [0.15, 0.2) is 48.5 Å². The van der Waals surface area contributed by atoms with Gasteiger partial charge in [0.2, 0.25) is 11.8 Å². The maximum absolute atomic E-state index is 13.8. The number of piperazine rings is 1. The van der Waals surface area contributed by atoms with Gasteiger partial charge in [-0.05, 0) is 74.1 Å². The highest BCUT2D eigenvalue weighted by atomic mass is 16.5. The summed E-state index contributed by atoms with van der Waals surface area (Å²) < 4.78 is 5.91. The number of aliphatic hydroxyl groups is 1. The van der Waals surface area contributed by atoms with Crippen LogP contribution in [0.2, 0.25) is 0 Å². The number of nitrogens with zero attached hydrogens (tertiary/aromatic N) is 3. The predicted octanol–water partition coefficient (Wildman–Crippen LogP) is 4.90. The molecule has 1 atom stereocenters. The Kier molecular flexibility index (Phi) is 8.96. The molecule has 2 N–H and O–H groups in total. The zero-order valence-corrected chi connectivity index (χ0v) is 24.1. The highest BCUT2D eigenvalue weighted by molar-refractivity contribution is 6.00. The molecule has 0 bridgehead atoms. The summed E-state index contributed by atoms with van der Waals surface area (Å²) in [6.45, 7) is 4.89. The highest BCUT2D eigenvalue weighted by Crippen LogP contribution is 2.37. The Morgan fingerprint density at radius 3 is 2.22 bits per heavy atom. The molecule has 2 heterocycles. The Balaban J connectivity index is 1.20. The van der Waals surface area contributed by atoms with Gasteiger partial charge in [-0.25, -0.2) is 0 Å². The first-order valence-corrected chi connectivity index (χ1v) is 15.2. The molecule has 2 aromatic carbocycles. The number of nitrogens with one attached hydrogen (secondary N) is 1. The van der Waals surface area contributed by atoms with Crippen molar-refractivity contribution in [2.24, 2.45) is 0 Å². The van der Waals surface area contributed by atoms with E-state index in [-0.39, 0.29) is 11.8 Å². The van der Waals surface area contributed by atoms with Gasteiger partial charge in [0, 0.05) is 32.6 Å². The van der Waals surface area contributed by atoms with Gasteiger partial charge >= 0.3 is 0 Å². The van der Waals surface area contributed by atoms with Crippen molar-refractivity contribution in [3.05, 3.63) is 59.7 Å². The Labute approximate surface area is 243 Å². The summed E-state index contributed by atoms with van der Waals surface area (Å²) >= 11 is 0. The molecule has 2 amide bonds. The van der Waals surface area contributed by atoms with Crippen molar-refractivity contribution in [3.63, 3.8) is 0 Å². The third kappa shape index (κ3) is 6.58. The SMILES string of the molecule is CCCCN1C(=O)[C@@H](CC2(O)CCCCC2)NC(=O)C12CCN(Cc1ccc(Oc3ccc(C#N)cc3)cc1)CC2. The molecule has 1 saturated carbocycles. The minimum atomic E-state index is -0.862. The first kappa shape index (κ1) is 29.1. The van der Waals surface area contributed by atoms with Crippen LogP contribution in [0.5, 0.6) is 11.5 Å². The van der Waals surface area contributed by atoms with Gasteiger partial charge in [0.25, 0.3) is 0 Å². The van der Waals surface area contributed by atoms with Crippen LogP contribution in [0.4, 0.5) is 0 Å². The van der Waals surface area contributed by atoms with E-state index in [1.54, 1.807) is 24.3 Å². The first-order valence-electron chi connectivity index (χ1n) is 15.2. The van der Waals surface area contributed by atoms with Crippen LogP contribution < -0.4 is 10.1 Å². The molecule has 1 aliphatic carbocycles. The molecule has 8 heteroatoms. The van der Waals surface area contributed by atoms with Gasteiger partial charge in [-0.3, -0.25) is 14.5 Å². The van der Waals surface area contributed by atoms with E-state index in [1.807, 2.05) is 29.2 Å². The van der Waals surface area contributed by atoms with Crippen LogP contribution in [0.3, 0.4) is 0 Å². The number of ether oxygens (including phenoxy) is 1. The maximum Gasteiger partial charge on any atom is 0.246 e. The monoisotopic (exact) mass is 558 g/mol. The van der Waals surface area contributed by atoms with Gasteiger partial charge in [0.05, 0.1) is 17.2 Å². The van der Waals surface area contributed by atoms with E-state index in [9.17, 15) is 14.7 Å². The Bertz CT molecular complexity index is 1240. The predicted molar refractivity (Wildman–Crippen MR) is 156 cm³/mol. The Morgan fingerprint density at radius 2 is 1.61 bits per heavy atom. The van der Waals surface area contributed by atoms with Gasteiger partial charge in [-0.2, -0.15) is 5.26 Å². The molecule has 218 valence electrons. The zero-order chi connectivity index (χ0) is 28.9. The van der Waals surface area contributed by atoms with E-state index in [0.717, 1.165) is 63.1 Å². The lowest BCUT2D eigenvalue weighted by Gasteiger charge is -2.52. The third-order valence-electron chi connectivity index (χ3n) is 9.14. The number of piperidine rings is 1. The van der Waals surface area contributed by atoms with Crippen molar-refractivity contribution in [3.8, 4) is 17.6 Å². The van der Waals surface area contributed by atoms with Crippen molar-refractivity contribution in [1.82, 2.24) is 15.1 Å². The van der Waals surface area contributed by atoms with Crippen molar-refractivity contribution >= 4 is 11.8 Å². The number of rotatable bonds is 9. The standard InChI is InChI=1S/C33H42N4O4/c1-2-3-19-37-30(38)29(22-32(40)15-5-4-6-16-32)35-31(39)33(37)17-20-36(21-18-33)24-26-9-13-28(14-10-26)41-27-11-7-25(23-34)8-12-27/h7-14,29,40H,2-6,15-22,24H2,1H3,(H,35,39)/t29-/m1/s1. The fourth-order valence-corrected chi connectivity index (χ4v) is 6.68. The molecule has 1 spiro atoms. The second-order valence-corrected chi connectivity index (χ2v) is 12.0. The fourth-order valence-electron chi connectivity index (χ4n) is 6.68. The Morgan fingerprint density at radius 1 is 0.976 bits per heavy atom. The van der Waals surface area contributed by atoms with Gasteiger partial charge in [-0.15, -0.1) is 0 Å². The van der Waals surface area contributed by atoms with Crippen molar-refractivity contribution in [1.29, 1.82) is 5.26 Å².